The molecule has 13 rings (SSSR count). The number of fused-ring (bicyclic) bond motifs is 7. The Balaban J connectivity index is 1.07. The molecule has 0 unspecified atom stereocenters. The SMILES string of the molecule is c1ccc(C2(c3ccccc3)c3cc(-c4cc5ccc6cccc7ccc(c4)c5c67)ccc3-c3cc4cccc(-c5ccc6c(c5)oc5ccccc56)c4cc32)cc1. The lowest BCUT2D eigenvalue weighted by molar-refractivity contribution is 0.669. The fourth-order valence-electron chi connectivity index (χ4n) is 10.5. The topological polar surface area (TPSA) is 13.1 Å². The second-order valence-electron chi connectivity index (χ2n) is 16.0. The van der Waals surface area contributed by atoms with Gasteiger partial charge >= 0.3 is 0 Å². The maximum absolute atomic E-state index is 6.40. The van der Waals surface area contributed by atoms with E-state index in [-0.39, 0.29) is 0 Å². The smallest absolute Gasteiger partial charge is 0.136 e. The first-order valence-corrected chi connectivity index (χ1v) is 20.2. The molecule has 58 heavy (non-hydrogen) atoms. The molecular formula is C57H34O. The third-order valence-corrected chi connectivity index (χ3v) is 13.0. The van der Waals surface area contributed by atoms with Gasteiger partial charge in [-0.15, -0.1) is 0 Å². The van der Waals surface area contributed by atoms with Gasteiger partial charge in [0.25, 0.3) is 0 Å². The summed E-state index contributed by atoms with van der Waals surface area (Å²) in [5.74, 6) is 0. The van der Waals surface area contributed by atoms with Crippen LogP contribution >= 0.6 is 0 Å². The van der Waals surface area contributed by atoms with E-state index in [1.165, 1.54) is 93.2 Å². The number of rotatable bonds is 4. The van der Waals surface area contributed by atoms with E-state index in [2.05, 4.69) is 200 Å². The van der Waals surface area contributed by atoms with Crippen LogP contribution in [0, 0.1) is 0 Å². The van der Waals surface area contributed by atoms with Crippen LogP contribution < -0.4 is 0 Å². The molecule has 0 saturated carbocycles. The predicted molar refractivity (Wildman–Crippen MR) is 243 cm³/mol. The van der Waals surface area contributed by atoms with Crippen LogP contribution in [-0.2, 0) is 5.41 Å². The molecule has 0 aliphatic heterocycles. The first kappa shape index (κ1) is 31.7. The largest absolute Gasteiger partial charge is 0.456 e. The van der Waals surface area contributed by atoms with Crippen molar-refractivity contribution in [2.45, 2.75) is 5.41 Å². The summed E-state index contributed by atoms with van der Waals surface area (Å²) in [5, 5.41) is 12.6. The minimum absolute atomic E-state index is 0.552. The first-order valence-electron chi connectivity index (χ1n) is 20.2. The predicted octanol–water partition coefficient (Wildman–Crippen LogP) is 15.3. The quantitative estimate of drug-likeness (QED) is 0.164. The van der Waals surface area contributed by atoms with Gasteiger partial charge in [0.1, 0.15) is 11.2 Å². The van der Waals surface area contributed by atoms with E-state index in [9.17, 15) is 0 Å². The zero-order valence-electron chi connectivity index (χ0n) is 31.5. The Morgan fingerprint density at radius 2 is 0.897 bits per heavy atom. The van der Waals surface area contributed by atoms with E-state index < -0.39 is 5.41 Å². The summed E-state index contributed by atoms with van der Waals surface area (Å²) < 4.78 is 6.40. The number of benzene rings is 11. The molecule has 0 atom stereocenters. The van der Waals surface area contributed by atoms with Crippen LogP contribution in [0.5, 0.6) is 0 Å². The second kappa shape index (κ2) is 11.8. The molecule has 268 valence electrons. The van der Waals surface area contributed by atoms with Gasteiger partial charge in [-0.3, -0.25) is 0 Å². The lowest BCUT2D eigenvalue weighted by atomic mass is 9.67. The summed E-state index contributed by atoms with van der Waals surface area (Å²) in [6.45, 7) is 0. The third kappa shape index (κ3) is 4.31. The molecule has 1 heterocycles. The van der Waals surface area contributed by atoms with Gasteiger partial charge in [-0.25, -0.2) is 0 Å². The van der Waals surface area contributed by atoms with Crippen LogP contribution in [0.3, 0.4) is 0 Å². The Bertz CT molecular complexity index is 3510. The van der Waals surface area contributed by atoms with Crippen molar-refractivity contribution in [3.8, 4) is 33.4 Å². The molecule has 0 bridgehead atoms. The molecule has 0 spiro atoms. The molecule has 0 fully saturated rings. The molecule has 1 aliphatic rings. The van der Waals surface area contributed by atoms with Crippen LogP contribution in [-0.4, -0.2) is 0 Å². The van der Waals surface area contributed by atoms with Crippen LogP contribution in [0.4, 0.5) is 0 Å². The summed E-state index contributed by atoms with van der Waals surface area (Å²) in [4.78, 5) is 0. The Hall–Kier alpha value is -7.48. The third-order valence-electron chi connectivity index (χ3n) is 13.0. The summed E-state index contributed by atoms with van der Waals surface area (Å²) in [6, 6.07) is 76.7. The van der Waals surface area contributed by atoms with Crippen LogP contribution in [0.1, 0.15) is 22.3 Å². The zero-order valence-corrected chi connectivity index (χ0v) is 31.5. The lowest BCUT2D eigenvalue weighted by Crippen LogP contribution is -2.28. The van der Waals surface area contributed by atoms with E-state index in [1.807, 2.05) is 6.07 Å². The van der Waals surface area contributed by atoms with Gasteiger partial charge in [0, 0.05) is 10.8 Å². The molecule has 1 aromatic heterocycles. The highest BCUT2D eigenvalue weighted by Gasteiger charge is 2.46. The van der Waals surface area contributed by atoms with Crippen molar-refractivity contribution in [3.05, 3.63) is 229 Å². The Morgan fingerprint density at radius 3 is 1.66 bits per heavy atom. The summed E-state index contributed by atoms with van der Waals surface area (Å²) in [5.41, 5.74) is 13.8. The van der Waals surface area contributed by atoms with Gasteiger partial charge in [0.15, 0.2) is 0 Å². The van der Waals surface area contributed by atoms with E-state index >= 15 is 0 Å². The average molecular weight is 735 g/mol. The monoisotopic (exact) mass is 734 g/mol. The minimum atomic E-state index is -0.552. The number of hydrogen-bond donors (Lipinski definition) is 0. The summed E-state index contributed by atoms with van der Waals surface area (Å²) >= 11 is 0. The number of hydrogen-bond acceptors (Lipinski definition) is 1. The standard InChI is InChI=1S/C57H34O/c1-3-14-43(15-4-1)57(44-16-5-2-6-17-44)51-32-37(42-29-40-23-21-35-11-9-12-36-22-24-41(30-42)56(40)55(35)36)25-27-46(51)50-31-38-13-10-19-45(49(38)34-52(50)57)39-26-28-48-47-18-7-8-20-53(47)58-54(48)33-39/h1-34H. The number of furan rings is 1. The molecule has 0 amide bonds. The Kier molecular flexibility index (Phi) is 6.43. The van der Waals surface area contributed by atoms with Crippen molar-refractivity contribution in [2.75, 3.05) is 0 Å². The fraction of sp³-hybridized carbons (Fsp3) is 0.0175. The lowest BCUT2D eigenvalue weighted by Gasteiger charge is -2.34. The maximum atomic E-state index is 6.40. The summed E-state index contributed by atoms with van der Waals surface area (Å²) in [7, 11) is 0. The van der Waals surface area contributed by atoms with E-state index in [1.54, 1.807) is 0 Å². The molecule has 0 N–H and O–H groups in total. The van der Waals surface area contributed by atoms with Crippen molar-refractivity contribution in [1.82, 2.24) is 0 Å². The molecule has 12 aromatic rings. The van der Waals surface area contributed by atoms with Gasteiger partial charge in [-0.2, -0.15) is 0 Å². The van der Waals surface area contributed by atoms with Gasteiger partial charge in [-0.1, -0.05) is 158 Å². The number of para-hydroxylation sites is 1. The van der Waals surface area contributed by atoms with Crippen molar-refractivity contribution >= 4 is 65.0 Å². The van der Waals surface area contributed by atoms with Gasteiger partial charge < -0.3 is 4.42 Å². The van der Waals surface area contributed by atoms with Gasteiger partial charge in [-0.05, 0) is 147 Å². The fourth-order valence-corrected chi connectivity index (χ4v) is 10.5. The highest BCUT2D eigenvalue weighted by Crippen LogP contribution is 2.58. The summed E-state index contributed by atoms with van der Waals surface area (Å²) in [6.07, 6.45) is 0. The molecular weight excluding hydrogens is 701 g/mol. The van der Waals surface area contributed by atoms with Crippen molar-refractivity contribution < 1.29 is 4.42 Å². The van der Waals surface area contributed by atoms with E-state index in [4.69, 9.17) is 4.42 Å². The van der Waals surface area contributed by atoms with Crippen LogP contribution in [0.2, 0.25) is 0 Å². The zero-order chi connectivity index (χ0) is 38.0. The normalized spacial score (nSPS) is 13.3. The maximum Gasteiger partial charge on any atom is 0.136 e. The van der Waals surface area contributed by atoms with E-state index in [0.29, 0.717) is 0 Å². The molecule has 0 radical (unpaired) electrons. The van der Waals surface area contributed by atoms with Crippen LogP contribution in [0.25, 0.3) is 98.4 Å². The average Bonchev–Trinajstić information content (AvgIpc) is 3.80. The first-order chi connectivity index (χ1) is 28.7. The van der Waals surface area contributed by atoms with Crippen LogP contribution in [0.15, 0.2) is 211 Å². The molecule has 1 aliphatic carbocycles. The van der Waals surface area contributed by atoms with Crippen molar-refractivity contribution in [3.63, 3.8) is 0 Å². The van der Waals surface area contributed by atoms with E-state index in [0.717, 1.165) is 27.5 Å². The Labute approximate surface area is 335 Å². The highest BCUT2D eigenvalue weighted by molar-refractivity contribution is 6.23. The van der Waals surface area contributed by atoms with Gasteiger partial charge in [0.05, 0.1) is 5.41 Å². The van der Waals surface area contributed by atoms with Crippen molar-refractivity contribution in [1.29, 1.82) is 0 Å². The molecule has 11 aromatic carbocycles. The minimum Gasteiger partial charge on any atom is -0.456 e. The molecule has 1 nitrogen and oxygen atoms in total. The highest BCUT2D eigenvalue weighted by atomic mass is 16.3. The van der Waals surface area contributed by atoms with Gasteiger partial charge in [0.2, 0.25) is 0 Å². The second-order valence-corrected chi connectivity index (χ2v) is 16.0. The molecule has 0 saturated heterocycles. The molecule has 1 heteroatoms. The Morgan fingerprint density at radius 1 is 0.293 bits per heavy atom. The van der Waals surface area contributed by atoms with Crippen molar-refractivity contribution in [2.24, 2.45) is 0 Å².